The number of benzene rings is 3. The second-order valence-electron chi connectivity index (χ2n) is 6.79. The van der Waals surface area contributed by atoms with Crippen LogP contribution in [0.4, 0.5) is 26.3 Å². The molecule has 0 spiro atoms. The fraction of sp³-hybridized carbons (Fsp3) is 0.0870. The van der Waals surface area contributed by atoms with Gasteiger partial charge < -0.3 is 4.74 Å². The van der Waals surface area contributed by atoms with E-state index in [2.05, 4.69) is 9.72 Å². The predicted molar refractivity (Wildman–Crippen MR) is 106 cm³/mol. The van der Waals surface area contributed by atoms with Crippen LogP contribution in [0.3, 0.4) is 0 Å². The van der Waals surface area contributed by atoms with Crippen LogP contribution in [0.25, 0.3) is 28.2 Å². The molecule has 0 saturated carbocycles. The average Bonchev–Trinajstić information content (AvgIpc) is 3.22. The first-order chi connectivity index (χ1) is 15.1. The molecule has 3 nitrogen and oxygen atoms in total. The Morgan fingerprint density at radius 1 is 0.750 bits per heavy atom. The van der Waals surface area contributed by atoms with E-state index in [-0.39, 0.29) is 17.1 Å². The van der Waals surface area contributed by atoms with Crippen molar-refractivity contribution in [2.24, 2.45) is 0 Å². The monoisotopic (exact) mass is 448 g/mol. The number of rotatable bonds is 4. The summed E-state index contributed by atoms with van der Waals surface area (Å²) in [4.78, 5) is 4.10. The number of hydrogen-bond acceptors (Lipinski definition) is 2. The average molecular weight is 448 g/mol. The Kier molecular flexibility index (Phi) is 5.41. The van der Waals surface area contributed by atoms with Crippen molar-refractivity contribution >= 4 is 0 Å². The molecule has 0 bridgehead atoms. The molecule has 3 aromatic carbocycles. The zero-order valence-electron chi connectivity index (χ0n) is 16.2. The number of imidazole rings is 1. The van der Waals surface area contributed by atoms with Crippen LogP contribution in [0, 0.1) is 0 Å². The molecule has 4 aromatic rings. The normalized spacial score (nSPS) is 12.1. The van der Waals surface area contributed by atoms with Crippen LogP contribution in [-0.4, -0.2) is 15.9 Å². The first-order valence-corrected chi connectivity index (χ1v) is 9.28. The summed E-state index contributed by atoms with van der Waals surface area (Å²) >= 11 is 0. The van der Waals surface area contributed by atoms with E-state index in [4.69, 9.17) is 0 Å². The largest absolute Gasteiger partial charge is 0.573 e. The summed E-state index contributed by atoms with van der Waals surface area (Å²) in [6.07, 6.45) is -6.41. The molecular weight excluding hydrogens is 434 g/mol. The van der Waals surface area contributed by atoms with E-state index in [1.165, 1.54) is 53.4 Å². The molecule has 4 rings (SSSR count). The van der Waals surface area contributed by atoms with Gasteiger partial charge in [0.05, 0.1) is 5.56 Å². The number of alkyl halides is 6. The Balaban J connectivity index is 1.67. The Morgan fingerprint density at radius 3 is 2.16 bits per heavy atom. The van der Waals surface area contributed by atoms with Crippen LogP contribution in [-0.2, 0) is 6.18 Å². The molecule has 0 aliphatic rings. The molecule has 0 fully saturated rings. The van der Waals surface area contributed by atoms with Gasteiger partial charge in [0.1, 0.15) is 11.6 Å². The topological polar surface area (TPSA) is 27.1 Å². The molecule has 0 radical (unpaired) electrons. The number of halogens is 6. The minimum atomic E-state index is -4.80. The maximum absolute atomic E-state index is 13.4. The van der Waals surface area contributed by atoms with Crippen molar-refractivity contribution in [1.29, 1.82) is 0 Å². The third-order valence-electron chi connectivity index (χ3n) is 4.66. The minimum absolute atomic E-state index is 0.0638. The Hall–Kier alpha value is -3.75. The van der Waals surface area contributed by atoms with Crippen LogP contribution in [0.15, 0.2) is 85.2 Å². The minimum Gasteiger partial charge on any atom is -0.406 e. The van der Waals surface area contributed by atoms with Crippen molar-refractivity contribution in [2.45, 2.75) is 12.5 Å². The fourth-order valence-electron chi connectivity index (χ4n) is 3.32. The van der Waals surface area contributed by atoms with Gasteiger partial charge in [0.15, 0.2) is 0 Å². The Bertz CT molecular complexity index is 1230. The van der Waals surface area contributed by atoms with Gasteiger partial charge >= 0.3 is 12.5 Å². The maximum atomic E-state index is 13.4. The van der Waals surface area contributed by atoms with Crippen LogP contribution in [0.1, 0.15) is 5.56 Å². The first-order valence-electron chi connectivity index (χ1n) is 9.28. The molecule has 0 amide bonds. The van der Waals surface area contributed by atoms with E-state index in [1.807, 2.05) is 0 Å². The van der Waals surface area contributed by atoms with Gasteiger partial charge in [0.25, 0.3) is 0 Å². The van der Waals surface area contributed by atoms with Gasteiger partial charge in [-0.25, -0.2) is 4.98 Å². The molecule has 0 N–H and O–H groups in total. The molecule has 1 heterocycles. The molecule has 0 unspecified atom stereocenters. The highest BCUT2D eigenvalue weighted by Crippen LogP contribution is 2.37. The number of nitrogens with zero attached hydrogens (tertiary/aromatic N) is 2. The second-order valence-corrected chi connectivity index (χ2v) is 6.79. The molecule has 0 aliphatic carbocycles. The maximum Gasteiger partial charge on any atom is 0.573 e. The summed E-state index contributed by atoms with van der Waals surface area (Å²) in [5, 5.41) is 0. The van der Waals surface area contributed by atoms with E-state index >= 15 is 0 Å². The van der Waals surface area contributed by atoms with Crippen molar-refractivity contribution in [3.8, 4) is 34.0 Å². The molecule has 0 saturated heterocycles. The first kappa shape index (κ1) is 21.5. The van der Waals surface area contributed by atoms with Gasteiger partial charge in [0.2, 0.25) is 0 Å². The lowest BCUT2D eigenvalue weighted by Gasteiger charge is -2.14. The van der Waals surface area contributed by atoms with Gasteiger partial charge in [-0.3, -0.25) is 4.57 Å². The fourth-order valence-corrected chi connectivity index (χ4v) is 3.32. The lowest BCUT2D eigenvalue weighted by Crippen LogP contribution is -2.17. The van der Waals surface area contributed by atoms with Gasteiger partial charge in [-0.1, -0.05) is 42.5 Å². The summed E-state index contributed by atoms with van der Waals surface area (Å²) in [5.74, 6) is -0.231. The van der Waals surface area contributed by atoms with Crippen molar-refractivity contribution in [2.75, 3.05) is 0 Å². The Labute approximate surface area is 178 Å². The lowest BCUT2D eigenvalue weighted by atomic mass is 10.0. The highest BCUT2D eigenvalue weighted by atomic mass is 19.4. The van der Waals surface area contributed by atoms with Gasteiger partial charge in [-0.05, 0) is 41.5 Å². The third kappa shape index (κ3) is 4.61. The van der Waals surface area contributed by atoms with E-state index in [0.717, 1.165) is 6.07 Å². The van der Waals surface area contributed by atoms with Crippen LogP contribution < -0.4 is 4.74 Å². The van der Waals surface area contributed by atoms with Crippen molar-refractivity contribution in [1.82, 2.24) is 9.55 Å². The van der Waals surface area contributed by atoms with Crippen molar-refractivity contribution in [3.63, 3.8) is 0 Å². The standard InChI is InChI=1S/C23H14F6N2O/c24-22(25,26)20-7-2-1-6-19(20)21-30-12-13-31(21)17-10-8-15(9-11-17)16-4-3-5-18(14-16)32-23(27,28)29/h1-14H. The van der Waals surface area contributed by atoms with Gasteiger partial charge in [-0.15, -0.1) is 13.2 Å². The summed E-state index contributed by atoms with van der Waals surface area (Å²) in [7, 11) is 0. The van der Waals surface area contributed by atoms with E-state index in [9.17, 15) is 26.3 Å². The molecule has 9 heteroatoms. The second kappa shape index (κ2) is 8.07. The molecule has 0 atom stereocenters. The smallest absolute Gasteiger partial charge is 0.406 e. The third-order valence-corrected chi connectivity index (χ3v) is 4.66. The summed E-state index contributed by atoms with van der Waals surface area (Å²) in [6.45, 7) is 0. The Morgan fingerprint density at radius 2 is 1.47 bits per heavy atom. The summed E-state index contributed by atoms with van der Waals surface area (Å²) in [6, 6.07) is 17.3. The van der Waals surface area contributed by atoms with E-state index < -0.39 is 18.1 Å². The highest BCUT2D eigenvalue weighted by molar-refractivity contribution is 5.68. The van der Waals surface area contributed by atoms with Crippen molar-refractivity contribution < 1.29 is 31.1 Å². The molecule has 164 valence electrons. The lowest BCUT2D eigenvalue weighted by molar-refractivity contribution is -0.274. The SMILES string of the molecule is FC(F)(F)Oc1cccc(-c2ccc(-n3ccnc3-c3ccccc3C(F)(F)F)cc2)c1. The summed E-state index contributed by atoms with van der Waals surface area (Å²) < 4.78 is 83.1. The number of ether oxygens (including phenoxy) is 1. The molecular formula is C23H14F6N2O. The zero-order valence-corrected chi connectivity index (χ0v) is 16.2. The molecule has 32 heavy (non-hydrogen) atoms. The van der Waals surface area contributed by atoms with Crippen LogP contribution >= 0.6 is 0 Å². The molecule has 1 aromatic heterocycles. The summed E-state index contributed by atoms with van der Waals surface area (Å²) in [5.41, 5.74) is 0.780. The van der Waals surface area contributed by atoms with Crippen LogP contribution in [0.2, 0.25) is 0 Å². The van der Waals surface area contributed by atoms with Crippen molar-refractivity contribution in [3.05, 3.63) is 90.8 Å². The van der Waals surface area contributed by atoms with Crippen LogP contribution in [0.5, 0.6) is 5.75 Å². The quantitative estimate of drug-likeness (QED) is 0.311. The number of hydrogen-bond donors (Lipinski definition) is 0. The van der Waals surface area contributed by atoms with Gasteiger partial charge in [-0.2, -0.15) is 13.2 Å². The van der Waals surface area contributed by atoms with E-state index in [1.54, 1.807) is 30.3 Å². The van der Waals surface area contributed by atoms with Gasteiger partial charge in [0, 0.05) is 23.6 Å². The molecule has 0 aliphatic heterocycles. The van der Waals surface area contributed by atoms with E-state index in [0.29, 0.717) is 16.8 Å². The predicted octanol–water partition coefficient (Wildman–Crippen LogP) is 7.12. The zero-order chi connectivity index (χ0) is 22.9. The number of aromatic nitrogens is 2. The highest BCUT2D eigenvalue weighted by Gasteiger charge is 2.34.